The highest BCUT2D eigenvalue weighted by Crippen LogP contribution is 2.23. The Morgan fingerprint density at radius 3 is 2.42 bits per heavy atom. The number of ether oxygens (including phenoxy) is 1. The summed E-state index contributed by atoms with van der Waals surface area (Å²) in [7, 11) is 0. The van der Waals surface area contributed by atoms with Crippen molar-refractivity contribution in [1.82, 2.24) is 4.98 Å². The number of rotatable bonds is 4. The van der Waals surface area contributed by atoms with E-state index in [1.165, 1.54) is 17.2 Å². The molecule has 0 amide bonds. The average Bonchev–Trinajstić information content (AvgIpc) is 2.59. The Hall–Kier alpha value is -2.68. The van der Waals surface area contributed by atoms with E-state index in [2.05, 4.69) is 24.9 Å². The topological polar surface area (TPSA) is 22.1 Å². The van der Waals surface area contributed by atoms with Gasteiger partial charge in [-0.2, -0.15) is 0 Å². The van der Waals surface area contributed by atoms with E-state index in [0.717, 1.165) is 22.4 Å². The molecule has 0 fully saturated rings. The second-order valence-corrected chi connectivity index (χ2v) is 6.08. The van der Waals surface area contributed by atoms with Crippen LogP contribution in [0.25, 0.3) is 11.1 Å². The summed E-state index contributed by atoms with van der Waals surface area (Å²) in [5, 5.41) is 0. The van der Waals surface area contributed by atoms with Gasteiger partial charge >= 0.3 is 0 Å². The van der Waals surface area contributed by atoms with Crippen molar-refractivity contribution >= 4 is 0 Å². The van der Waals surface area contributed by atoms with Gasteiger partial charge in [0, 0.05) is 23.5 Å². The number of halogens is 1. The van der Waals surface area contributed by atoms with Crippen LogP contribution in [0, 0.1) is 26.6 Å². The Labute approximate surface area is 142 Å². The Bertz CT molecular complexity index is 873. The number of hydrogen-bond acceptors (Lipinski definition) is 2. The van der Waals surface area contributed by atoms with Gasteiger partial charge in [0.05, 0.1) is 0 Å². The van der Waals surface area contributed by atoms with E-state index in [-0.39, 0.29) is 5.82 Å². The monoisotopic (exact) mass is 321 g/mol. The molecular formula is C21H20FNO. The minimum atomic E-state index is -0.194. The van der Waals surface area contributed by atoms with Crippen LogP contribution in [0.2, 0.25) is 0 Å². The maximum atomic E-state index is 13.4. The molecule has 0 aliphatic heterocycles. The van der Waals surface area contributed by atoms with Gasteiger partial charge in [0.15, 0.2) is 0 Å². The fourth-order valence-corrected chi connectivity index (χ4v) is 2.52. The van der Waals surface area contributed by atoms with Crippen LogP contribution in [0.4, 0.5) is 4.39 Å². The molecule has 0 unspecified atom stereocenters. The van der Waals surface area contributed by atoms with E-state index < -0.39 is 0 Å². The third kappa shape index (κ3) is 3.62. The Kier molecular flexibility index (Phi) is 4.61. The summed E-state index contributed by atoms with van der Waals surface area (Å²) in [6, 6.07) is 13.2. The molecule has 0 N–H and O–H groups in total. The minimum Gasteiger partial charge on any atom is -0.489 e. The second kappa shape index (κ2) is 6.83. The molecule has 0 radical (unpaired) electrons. The van der Waals surface area contributed by atoms with Crippen molar-refractivity contribution in [3.05, 3.63) is 82.9 Å². The highest BCUT2D eigenvalue weighted by atomic mass is 19.1. The molecule has 1 aromatic heterocycles. The summed E-state index contributed by atoms with van der Waals surface area (Å²) >= 11 is 0. The van der Waals surface area contributed by atoms with Gasteiger partial charge in [0.1, 0.15) is 18.2 Å². The fraction of sp³-hybridized carbons (Fsp3) is 0.190. The van der Waals surface area contributed by atoms with Crippen LogP contribution in [0.5, 0.6) is 5.75 Å². The van der Waals surface area contributed by atoms with Crippen LogP contribution < -0.4 is 4.74 Å². The van der Waals surface area contributed by atoms with E-state index in [1.54, 1.807) is 25.4 Å². The Balaban J connectivity index is 1.77. The summed E-state index contributed by atoms with van der Waals surface area (Å²) in [5.74, 6) is 0.655. The highest BCUT2D eigenvalue weighted by Gasteiger charge is 2.05. The number of pyridine rings is 1. The fourth-order valence-electron chi connectivity index (χ4n) is 2.52. The van der Waals surface area contributed by atoms with E-state index in [4.69, 9.17) is 4.74 Å². The molecule has 0 saturated heterocycles. The molecule has 0 aliphatic rings. The Morgan fingerprint density at radius 1 is 0.833 bits per heavy atom. The molecule has 0 atom stereocenters. The normalized spacial score (nSPS) is 10.7. The molecule has 2 nitrogen and oxygen atoms in total. The zero-order chi connectivity index (χ0) is 17.1. The lowest BCUT2D eigenvalue weighted by molar-refractivity contribution is 0.305. The van der Waals surface area contributed by atoms with Crippen molar-refractivity contribution in [1.29, 1.82) is 0 Å². The van der Waals surface area contributed by atoms with E-state index in [1.807, 2.05) is 24.3 Å². The van der Waals surface area contributed by atoms with Crippen molar-refractivity contribution in [3.63, 3.8) is 0 Å². The third-order valence-electron chi connectivity index (χ3n) is 4.17. The predicted molar refractivity (Wildman–Crippen MR) is 94.6 cm³/mol. The zero-order valence-corrected chi connectivity index (χ0v) is 14.1. The molecule has 0 spiro atoms. The SMILES string of the molecule is Cc1ccc(OCc2cncc(-c3ccc(F)c(C)c3)c2)cc1C. The molecule has 1 heterocycles. The standard InChI is InChI=1S/C21H20FNO/c1-14-4-6-20(9-15(14)2)24-13-17-10-19(12-23-11-17)18-5-7-21(22)16(3)8-18/h4-12H,13H2,1-3H3. The van der Waals surface area contributed by atoms with Gasteiger partial charge in [-0.25, -0.2) is 4.39 Å². The number of nitrogens with zero attached hydrogens (tertiary/aromatic N) is 1. The molecule has 24 heavy (non-hydrogen) atoms. The third-order valence-corrected chi connectivity index (χ3v) is 4.17. The molecule has 0 saturated carbocycles. The van der Waals surface area contributed by atoms with Gasteiger partial charge in [-0.1, -0.05) is 12.1 Å². The van der Waals surface area contributed by atoms with E-state index in [9.17, 15) is 4.39 Å². The first-order valence-electron chi connectivity index (χ1n) is 7.93. The number of aromatic nitrogens is 1. The van der Waals surface area contributed by atoms with Crippen molar-refractivity contribution in [2.75, 3.05) is 0 Å². The largest absolute Gasteiger partial charge is 0.489 e. The van der Waals surface area contributed by atoms with Crippen molar-refractivity contribution in [3.8, 4) is 16.9 Å². The molecule has 3 aromatic rings. The molecular weight excluding hydrogens is 301 g/mol. The van der Waals surface area contributed by atoms with Gasteiger partial charge in [-0.3, -0.25) is 4.98 Å². The Morgan fingerprint density at radius 2 is 1.67 bits per heavy atom. The maximum absolute atomic E-state index is 13.4. The van der Waals surface area contributed by atoms with Gasteiger partial charge < -0.3 is 4.74 Å². The van der Waals surface area contributed by atoms with Crippen molar-refractivity contribution in [2.45, 2.75) is 27.4 Å². The minimum absolute atomic E-state index is 0.194. The molecule has 0 bridgehead atoms. The number of benzene rings is 2. The smallest absolute Gasteiger partial charge is 0.126 e. The van der Waals surface area contributed by atoms with Crippen LogP contribution in [0.1, 0.15) is 22.3 Å². The van der Waals surface area contributed by atoms with Gasteiger partial charge in [0.2, 0.25) is 0 Å². The maximum Gasteiger partial charge on any atom is 0.126 e. The number of hydrogen-bond donors (Lipinski definition) is 0. The molecule has 0 aliphatic carbocycles. The summed E-state index contributed by atoms with van der Waals surface area (Å²) < 4.78 is 19.3. The summed E-state index contributed by atoms with van der Waals surface area (Å²) in [4.78, 5) is 4.28. The summed E-state index contributed by atoms with van der Waals surface area (Å²) in [5.41, 5.74) is 5.98. The first-order valence-corrected chi connectivity index (χ1v) is 7.93. The highest BCUT2D eigenvalue weighted by molar-refractivity contribution is 5.63. The quantitative estimate of drug-likeness (QED) is 0.642. The lowest BCUT2D eigenvalue weighted by atomic mass is 10.0. The molecule has 3 heteroatoms. The van der Waals surface area contributed by atoms with Gasteiger partial charge in [-0.05, 0) is 73.4 Å². The molecule has 2 aromatic carbocycles. The second-order valence-electron chi connectivity index (χ2n) is 6.08. The predicted octanol–water partition coefficient (Wildman–Crippen LogP) is 5.39. The first kappa shape index (κ1) is 16.2. The van der Waals surface area contributed by atoms with Crippen LogP contribution in [0.3, 0.4) is 0 Å². The summed E-state index contributed by atoms with van der Waals surface area (Å²) in [6.45, 7) is 6.36. The van der Waals surface area contributed by atoms with Gasteiger partial charge in [-0.15, -0.1) is 0 Å². The van der Waals surface area contributed by atoms with E-state index >= 15 is 0 Å². The molecule has 3 rings (SSSR count). The van der Waals surface area contributed by atoms with E-state index in [0.29, 0.717) is 12.2 Å². The van der Waals surface area contributed by atoms with Crippen LogP contribution in [-0.2, 0) is 6.61 Å². The van der Waals surface area contributed by atoms with Crippen LogP contribution >= 0.6 is 0 Å². The first-order chi connectivity index (χ1) is 11.5. The lowest BCUT2D eigenvalue weighted by Crippen LogP contribution is -1.97. The lowest BCUT2D eigenvalue weighted by Gasteiger charge is -2.10. The van der Waals surface area contributed by atoms with Crippen molar-refractivity contribution < 1.29 is 9.13 Å². The van der Waals surface area contributed by atoms with Crippen LogP contribution in [0.15, 0.2) is 54.9 Å². The van der Waals surface area contributed by atoms with Crippen molar-refractivity contribution in [2.24, 2.45) is 0 Å². The number of aryl methyl sites for hydroxylation is 3. The molecule has 122 valence electrons. The van der Waals surface area contributed by atoms with Crippen LogP contribution in [-0.4, -0.2) is 4.98 Å². The summed E-state index contributed by atoms with van der Waals surface area (Å²) in [6.07, 6.45) is 3.58. The zero-order valence-electron chi connectivity index (χ0n) is 14.1. The average molecular weight is 321 g/mol. The van der Waals surface area contributed by atoms with Gasteiger partial charge in [0.25, 0.3) is 0 Å².